The first-order valence-corrected chi connectivity index (χ1v) is 6.33. The summed E-state index contributed by atoms with van der Waals surface area (Å²) in [6, 6.07) is 0. The minimum atomic E-state index is -0.916. The van der Waals surface area contributed by atoms with E-state index in [-0.39, 0.29) is 22.8 Å². The molecule has 0 aliphatic heterocycles. The molecule has 0 amide bonds. The highest BCUT2D eigenvalue weighted by molar-refractivity contribution is 5.86. The maximum absolute atomic E-state index is 11.0. The molecule has 0 unspecified atom stereocenters. The summed E-state index contributed by atoms with van der Waals surface area (Å²) < 4.78 is 0. The molecule has 1 saturated carbocycles. The fraction of sp³-hybridized carbons (Fsp3) is 0.533. The smallest absolute Gasteiger partial charge is 0.331 e. The molecule has 2 aliphatic rings. The number of aliphatic carboxylic acids is 1. The lowest BCUT2D eigenvalue weighted by atomic mass is 9.57. The number of aliphatic hydroxyl groups is 1. The quantitative estimate of drug-likeness (QED) is 0.738. The van der Waals surface area contributed by atoms with Crippen molar-refractivity contribution in [2.45, 2.75) is 32.3 Å². The average Bonchev–Trinajstić information content (AvgIpc) is 2.33. The van der Waals surface area contributed by atoms with Crippen LogP contribution in [-0.2, 0) is 4.79 Å². The summed E-state index contributed by atoms with van der Waals surface area (Å²) in [5.74, 6) is -0.774. The van der Waals surface area contributed by atoms with Crippen molar-refractivity contribution in [1.82, 2.24) is 0 Å². The van der Waals surface area contributed by atoms with Crippen molar-refractivity contribution >= 4 is 5.97 Å². The zero-order valence-corrected chi connectivity index (χ0v) is 10.7. The van der Waals surface area contributed by atoms with Crippen molar-refractivity contribution in [3.05, 3.63) is 36.5 Å². The Labute approximate surface area is 108 Å². The van der Waals surface area contributed by atoms with Crippen molar-refractivity contribution < 1.29 is 15.0 Å². The van der Waals surface area contributed by atoms with Gasteiger partial charge >= 0.3 is 5.97 Å². The van der Waals surface area contributed by atoms with E-state index in [1.807, 2.05) is 6.08 Å². The Kier molecular flexibility index (Phi) is 3.20. The van der Waals surface area contributed by atoms with E-state index in [4.69, 9.17) is 5.11 Å². The molecule has 0 saturated heterocycles. The number of aliphatic hydroxyl groups excluding tert-OH is 1. The highest BCUT2D eigenvalue weighted by Gasteiger charge is 2.47. The molecule has 0 heterocycles. The molecule has 0 spiro atoms. The van der Waals surface area contributed by atoms with Crippen LogP contribution in [0.4, 0.5) is 0 Å². The van der Waals surface area contributed by atoms with Gasteiger partial charge in [-0.3, -0.25) is 0 Å². The Bertz CT molecular complexity index is 435. The largest absolute Gasteiger partial charge is 0.478 e. The summed E-state index contributed by atoms with van der Waals surface area (Å²) in [7, 11) is 0. The molecule has 0 aromatic carbocycles. The van der Waals surface area contributed by atoms with Crippen molar-refractivity contribution in [3.63, 3.8) is 0 Å². The molecule has 3 nitrogen and oxygen atoms in total. The van der Waals surface area contributed by atoms with Crippen molar-refractivity contribution in [2.24, 2.45) is 17.3 Å². The van der Waals surface area contributed by atoms with Crippen LogP contribution < -0.4 is 0 Å². The first-order chi connectivity index (χ1) is 8.36. The highest BCUT2D eigenvalue weighted by Crippen LogP contribution is 2.52. The van der Waals surface area contributed by atoms with E-state index in [0.717, 1.165) is 24.8 Å². The van der Waals surface area contributed by atoms with Crippen LogP contribution in [0, 0.1) is 17.3 Å². The molecule has 2 rings (SSSR count). The third-order valence-electron chi connectivity index (χ3n) is 4.73. The fourth-order valence-electron chi connectivity index (χ4n) is 3.30. The number of allylic oxidation sites excluding steroid dienone is 2. The molecule has 0 aromatic rings. The van der Waals surface area contributed by atoms with Crippen LogP contribution in [0.3, 0.4) is 0 Å². The number of hydrogen-bond acceptors (Lipinski definition) is 2. The summed E-state index contributed by atoms with van der Waals surface area (Å²) in [5, 5.41) is 19.2. The first-order valence-electron chi connectivity index (χ1n) is 6.33. The number of carboxylic acids is 1. The monoisotopic (exact) mass is 248 g/mol. The molecule has 2 aliphatic carbocycles. The minimum absolute atomic E-state index is 0.00368. The van der Waals surface area contributed by atoms with Gasteiger partial charge in [0.2, 0.25) is 0 Å². The standard InChI is InChI=1S/C15H20O3/c1-9-4-5-13(16)15(3)7-6-11(8-12(9)15)10(2)14(17)18/h4-5,11-13,16H,1-2,6-8H2,3H3,(H,17,18)/t11-,12+,13+,15-/m1/s1. The molecule has 98 valence electrons. The zero-order chi connectivity index (χ0) is 13.5. The molecular weight excluding hydrogens is 228 g/mol. The lowest BCUT2D eigenvalue weighted by Gasteiger charge is -2.49. The van der Waals surface area contributed by atoms with Gasteiger partial charge in [0.15, 0.2) is 0 Å². The van der Waals surface area contributed by atoms with Crippen LogP contribution in [0.2, 0.25) is 0 Å². The zero-order valence-electron chi connectivity index (χ0n) is 10.7. The van der Waals surface area contributed by atoms with Crippen LogP contribution in [0.1, 0.15) is 26.2 Å². The van der Waals surface area contributed by atoms with Crippen LogP contribution in [-0.4, -0.2) is 22.3 Å². The second-order valence-electron chi connectivity index (χ2n) is 5.74. The lowest BCUT2D eigenvalue weighted by molar-refractivity contribution is -0.133. The van der Waals surface area contributed by atoms with E-state index < -0.39 is 12.1 Å². The van der Waals surface area contributed by atoms with Gasteiger partial charge in [-0.2, -0.15) is 0 Å². The van der Waals surface area contributed by atoms with E-state index in [0.29, 0.717) is 0 Å². The Morgan fingerprint density at radius 3 is 2.83 bits per heavy atom. The summed E-state index contributed by atoms with van der Waals surface area (Å²) in [6.07, 6.45) is 5.50. The van der Waals surface area contributed by atoms with E-state index in [9.17, 15) is 9.90 Å². The van der Waals surface area contributed by atoms with Crippen LogP contribution in [0.5, 0.6) is 0 Å². The van der Waals surface area contributed by atoms with Gasteiger partial charge in [-0.1, -0.05) is 37.8 Å². The topological polar surface area (TPSA) is 57.5 Å². The number of carboxylic acid groups (broad SMARTS) is 1. The molecule has 1 fully saturated rings. The number of rotatable bonds is 2. The summed E-state index contributed by atoms with van der Waals surface area (Å²) >= 11 is 0. The second kappa shape index (κ2) is 4.39. The lowest BCUT2D eigenvalue weighted by Crippen LogP contribution is -2.45. The molecular formula is C15H20O3. The fourth-order valence-corrected chi connectivity index (χ4v) is 3.30. The maximum atomic E-state index is 11.0. The van der Waals surface area contributed by atoms with E-state index in [2.05, 4.69) is 20.1 Å². The Balaban J connectivity index is 2.23. The molecule has 18 heavy (non-hydrogen) atoms. The van der Waals surface area contributed by atoms with Gasteiger partial charge in [0, 0.05) is 11.0 Å². The van der Waals surface area contributed by atoms with Gasteiger partial charge < -0.3 is 10.2 Å². The van der Waals surface area contributed by atoms with Gasteiger partial charge in [0.05, 0.1) is 6.10 Å². The summed E-state index contributed by atoms with van der Waals surface area (Å²) in [5.41, 5.74) is 1.07. The second-order valence-corrected chi connectivity index (χ2v) is 5.74. The van der Waals surface area contributed by atoms with Crippen molar-refractivity contribution in [3.8, 4) is 0 Å². The highest BCUT2D eigenvalue weighted by atomic mass is 16.4. The third kappa shape index (κ3) is 1.93. The van der Waals surface area contributed by atoms with Gasteiger partial charge in [-0.25, -0.2) is 4.79 Å². The van der Waals surface area contributed by atoms with Gasteiger partial charge in [-0.05, 0) is 31.1 Å². The van der Waals surface area contributed by atoms with Gasteiger partial charge in [0.1, 0.15) is 0 Å². The van der Waals surface area contributed by atoms with Crippen molar-refractivity contribution in [1.29, 1.82) is 0 Å². The first kappa shape index (κ1) is 13.1. The molecule has 2 N–H and O–H groups in total. The number of carbonyl (C=O) groups is 1. The maximum Gasteiger partial charge on any atom is 0.331 e. The molecule has 0 radical (unpaired) electrons. The Morgan fingerprint density at radius 1 is 1.56 bits per heavy atom. The third-order valence-corrected chi connectivity index (χ3v) is 4.73. The van der Waals surface area contributed by atoms with Crippen LogP contribution >= 0.6 is 0 Å². The van der Waals surface area contributed by atoms with Crippen LogP contribution in [0.25, 0.3) is 0 Å². The number of hydrogen-bond donors (Lipinski definition) is 2. The Morgan fingerprint density at radius 2 is 2.22 bits per heavy atom. The van der Waals surface area contributed by atoms with Gasteiger partial charge in [-0.15, -0.1) is 0 Å². The van der Waals surface area contributed by atoms with Gasteiger partial charge in [0.25, 0.3) is 0 Å². The van der Waals surface area contributed by atoms with E-state index in [1.54, 1.807) is 6.08 Å². The molecule has 0 aromatic heterocycles. The molecule has 3 heteroatoms. The minimum Gasteiger partial charge on any atom is -0.478 e. The average molecular weight is 248 g/mol. The Hall–Kier alpha value is -1.35. The predicted molar refractivity (Wildman–Crippen MR) is 70.0 cm³/mol. The predicted octanol–water partition coefficient (Wildman–Crippen LogP) is 2.54. The molecule has 4 atom stereocenters. The normalized spacial score (nSPS) is 39.2. The van der Waals surface area contributed by atoms with Crippen LogP contribution in [0.15, 0.2) is 36.5 Å². The van der Waals surface area contributed by atoms with E-state index >= 15 is 0 Å². The van der Waals surface area contributed by atoms with Crippen molar-refractivity contribution in [2.75, 3.05) is 0 Å². The summed E-state index contributed by atoms with van der Waals surface area (Å²) in [4.78, 5) is 11.0. The summed E-state index contributed by atoms with van der Waals surface area (Å²) in [6.45, 7) is 9.78. The number of fused-ring (bicyclic) bond motifs is 1. The molecule has 0 bridgehead atoms. The van der Waals surface area contributed by atoms with E-state index in [1.165, 1.54) is 0 Å². The SMILES string of the molecule is C=C(C(=O)O)[C@@H]1CC[C@@]2(C)[C@@H](O)C=CC(=C)[C@@H]2C1.